The number of halogens is 1. The summed E-state index contributed by atoms with van der Waals surface area (Å²) in [6.07, 6.45) is 2.05. The normalized spacial score (nSPS) is 19.4. The Labute approximate surface area is 102 Å². The smallest absolute Gasteiger partial charge is 0.138 e. The third kappa shape index (κ3) is 2.69. The summed E-state index contributed by atoms with van der Waals surface area (Å²) < 4.78 is 6.06. The van der Waals surface area contributed by atoms with Crippen LogP contribution < -0.4 is 10.1 Å². The Morgan fingerprint density at radius 2 is 2.00 bits per heavy atom. The van der Waals surface area contributed by atoms with Crippen LogP contribution in [0.1, 0.15) is 25.3 Å². The topological polar surface area (TPSA) is 21.3 Å². The van der Waals surface area contributed by atoms with Gasteiger partial charge in [-0.05, 0) is 57.5 Å². The van der Waals surface area contributed by atoms with Gasteiger partial charge >= 0.3 is 0 Å². The highest BCUT2D eigenvalue weighted by Gasteiger charge is 2.29. The monoisotopic (exact) mass is 239 g/mol. The van der Waals surface area contributed by atoms with Crippen molar-refractivity contribution < 1.29 is 4.74 Å². The maximum Gasteiger partial charge on any atom is 0.138 e. The van der Waals surface area contributed by atoms with E-state index in [2.05, 4.69) is 12.2 Å². The number of nitrogens with one attached hydrogen (secondary N) is 1. The van der Waals surface area contributed by atoms with E-state index in [4.69, 9.17) is 16.3 Å². The summed E-state index contributed by atoms with van der Waals surface area (Å²) in [5, 5.41) is 4.04. The molecule has 0 saturated carbocycles. The number of rotatable bonds is 2. The fraction of sp³-hybridized carbons (Fsp3) is 0.538. The van der Waals surface area contributed by atoms with Crippen LogP contribution in [0.2, 0.25) is 5.02 Å². The summed E-state index contributed by atoms with van der Waals surface area (Å²) in [5.74, 6) is 0.802. The van der Waals surface area contributed by atoms with Crippen LogP contribution in [-0.2, 0) is 0 Å². The molecule has 1 heterocycles. The van der Waals surface area contributed by atoms with Crippen molar-refractivity contribution in [2.75, 3.05) is 13.1 Å². The summed E-state index contributed by atoms with van der Waals surface area (Å²) in [4.78, 5) is 0. The van der Waals surface area contributed by atoms with Crippen LogP contribution in [0, 0.1) is 6.92 Å². The first-order valence-electron chi connectivity index (χ1n) is 5.75. The molecule has 16 heavy (non-hydrogen) atoms. The van der Waals surface area contributed by atoms with Crippen molar-refractivity contribution in [1.82, 2.24) is 5.32 Å². The van der Waals surface area contributed by atoms with Gasteiger partial charge in [0, 0.05) is 0 Å². The van der Waals surface area contributed by atoms with Crippen LogP contribution in [0.3, 0.4) is 0 Å². The van der Waals surface area contributed by atoms with Crippen molar-refractivity contribution in [3.63, 3.8) is 0 Å². The highest BCUT2D eigenvalue weighted by Crippen LogP contribution is 2.31. The first kappa shape index (κ1) is 11.7. The molecule has 1 saturated heterocycles. The summed E-state index contributed by atoms with van der Waals surface area (Å²) in [6.45, 7) is 6.21. The molecule has 0 aliphatic carbocycles. The van der Waals surface area contributed by atoms with E-state index in [9.17, 15) is 0 Å². The van der Waals surface area contributed by atoms with Crippen molar-refractivity contribution in [2.24, 2.45) is 0 Å². The highest BCUT2D eigenvalue weighted by molar-refractivity contribution is 6.32. The standard InChI is InChI=1S/C13H18ClNO/c1-10-3-4-12(11(14)9-10)16-13(2)5-7-15-8-6-13/h3-4,9,15H,5-8H2,1-2H3. The molecule has 0 spiro atoms. The van der Waals surface area contributed by atoms with Crippen molar-refractivity contribution in [2.45, 2.75) is 32.3 Å². The Morgan fingerprint density at radius 1 is 1.31 bits per heavy atom. The lowest BCUT2D eigenvalue weighted by Gasteiger charge is -2.35. The van der Waals surface area contributed by atoms with Gasteiger partial charge < -0.3 is 10.1 Å². The summed E-state index contributed by atoms with van der Waals surface area (Å²) in [7, 11) is 0. The second kappa shape index (κ2) is 4.64. The molecule has 0 unspecified atom stereocenters. The Morgan fingerprint density at radius 3 is 2.62 bits per heavy atom. The molecule has 1 fully saturated rings. The number of aryl methyl sites for hydroxylation is 1. The second-order valence-corrected chi connectivity index (χ2v) is 5.14. The maximum absolute atomic E-state index is 6.17. The highest BCUT2D eigenvalue weighted by atomic mass is 35.5. The first-order valence-corrected chi connectivity index (χ1v) is 6.13. The molecular weight excluding hydrogens is 222 g/mol. The van der Waals surface area contributed by atoms with E-state index >= 15 is 0 Å². The van der Waals surface area contributed by atoms with E-state index in [1.165, 1.54) is 0 Å². The van der Waals surface area contributed by atoms with Crippen LogP contribution in [0.4, 0.5) is 0 Å². The molecule has 0 amide bonds. The van der Waals surface area contributed by atoms with Crippen molar-refractivity contribution in [1.29, 1.82) is 0 Å². The molecule has 1 aromatic rings. The Balaban J connectivity index is 2.13. The molecule has 88 valence electrons. The zero-order valence-corrected chi connectivity index (χ0v) is 10.6. The largest absolute Gasteiger partial charge is 0.486 e. The number of hydrogen-bond donors (Lipinski definition) is 1. The SMILES string of the molecule is Cc1ccc(OC2(C)CCNCC2)c(Cl)c1. The van der Waals surface area contributed by atoms with Crippen LogP contribution >= 0.6 is 11.6 Å². The fourth-order valence-electron chi connectivity index (χ4n) is 2.01. The molecule has 2 rings (SSSR count). The Kier molecular flexibility index (Phi) is 3.41. The van der Waals surface area contributed by atoms with Gasteiger partial charge in [0.05, 0.1) is 5.02 Å². The van der Waals surface area contributed by atoms with Crippen molar-refractivity contribution in [3.8, 4) is 5.75 Å². The lowest BCUT2D eigenvalue weighted by Crippen LogP contribution is -2.43. The fourth-order valence-corrected chi connectivity index (χ4v) is 2.29. The van der Waals surface area contributed by atoms with Crippen LogP contribution in [0.5, 0.6) is 5.75 Å². The van der Waals surface area contributed by atoms with E-state index in [1.807, 2.05) is 25.1 Å². The van der Waals surface area contributed by atoms with E-state index < -0.39 is 0 Å². The van der Waals surface area contributed by atoms with Gasteiger partial charge in [-0.15, -0.1) is 0 Å². The van der Waals surface area contributed by atoms with Crippen LogP contribution in [-0.4, -0.2) is 18.7 Å². The minimum Gasteiger partial charge on any atom is -0.486 e. The van der Waals surface area contributed by atoms with E-state index in [0.29, 0.717) is 5.02 Å². The molecule has 0 bridgehead atoms. The number of hydrogen-bond acceptors (Lipinski definition) is 2. The van der Waals surface area contributed by atoms with Gasteiger partial charge in [0.25, 0.3) is 0 Å². The molecule has 1 aliphatic heterocycles. The number of ether oxygens (including phenoxy) is 1. The maximum atomic E-state index is 6.17. The summed E-state index contributed by atoms with van der Waals surface area (Å²) in [6, 6.07) is 5.94. The third-order valence-electron chi connectivity index (χ3n) is 3.10. The number of piperidine rings is 1. The molecule has 0 aromatic heterocycles. The van der Waals surface area contributed by atoms with Gasteiger partial charge in [0.2, 0.25) is 0 Å². The summed E-state index contributed by atoms with van der Waals surface area (Å²) in [5.41, 5.74) is 1.08. The van der Waals surface area contributed by atoms with Crippen LogP contribution in [0.15, 0.2) is 18.2 Å². The molecule has 0 atom stereocenters. The first-order chi connectivity index (χ1) is 7.59. The predicted octanol–water partition coefficient (Wildman–Crippen LogP) is 3.17. The van der Waals surface area contributed by atoms with Crippen LogP contribution in [0.25, 0.3) is 0 Å². The van der Waals surface area contributed by atoms with E-state index in [-0.39, 0.29) is 5.60 Å². The zero-order valence-electron chi connectivity index (χ0n) is 9.85. The average molecular weight is 240 g/mol. The molecule has 1 N–H and O–H groups in total. The van der Waals surface area contributed by atoms with E-state index in [0.717, 1.165) is 37.2 Å². The molecular formula is C13H18ClNO. The van der Waals surface area contributed by atoms with Gasteiger partial charge in [0.1, 0.15) is 11.4 Å². The Bertz CT molecular complexity index is 372. The molecule has 1 aliphatic rings. The molecule has 2 nitrogen and oxygen atoms in total. The lowest BCUT2D eigenvalue weighted by molar-refractivity contribution is 0.0557. The predicted molar refractivity (Wildman–Crippen MR) is 67.3 cm³/mol. The molecule has 0 radical (unpaired) electrons. The van der Waals surface area contributed by atoms with Crippen molar-refractivity contribution >= 4 is 11.6 Å². The van der Waals surface area contributed by atoms with Gasteiger partial charge in [0.15, 0.2) is 0 Å². The molecule has 3 heteroatoms. The number of benzene rings is 1. The van der Waals surface area contributed by atoms with Gasteiger partial charge in [-0.2, -0.15) is 0 Å². The van der Waals surface area contributed by atoms with Gasteiger partial charge in [-0.1, -0.05) is 17.7 Å². The minimum absolute atomic E-state index is 0.0792. The quantitative estimate of drug-likeness (QED) is 0.856. The van der Waals surface area contributed by atoms with Gasteiger partial charge in [-0.25, -0.2) is 0 Å². The van der Waals surface area contributed by atoms with E-state index in [1.54, 1.807) is 0 Å². The lowest BCUT2D eigenvalue weighted by atomic mass is 9.94. The van der Waals surface area contributed by atoms with Crippen molar-refractivity contribution in [3.05, 3.63) is 28.8 Å². The average Bonchev–Trinajstić information content (AvgIpc) is 2.23. The molecule has 1 aromatic carbocycles. The second-order valence-electron chi connectivity index (χ2n) is 4.74. The zero-order chi connectivity index (χ0) is 11.6. The minimum atomic E-state index is -0.0792. The van der Waals surface area contributed by atoms with Gasteiger partial charge in [-0.3, -0.25) is 0 Å². The Hall–Kier alpha value is -0.730. The third-order valence-corrected chi connectivity index (χ3v) is 3.40. The summed E-state index contributed by atoms with van der Waals surface area (Å²) >= 11 is 6.17.